The molecule has 3 nitrogen and oxygen atoms in total. The second-order valence-electron chi connectivity index (χ2n) is 3.37. The largest absolute Gasteiger partial charge is 0.339 e. The minimum atomic E-state index is -0.353. The Labute approximate surface area is 97.2 Å². The van der Waals surface area contributed by atoms with Gasteiger partial charge in [0.15, 0.2) is 5.82 Å². The molecule has 0 radical (unpaired) electrons. The zero-order chi connectivity index (χ0) is 11.5. The molecular weight excluding hydrogens is 231 g/mol. The van der Waals surface area contributed by atoms with E-state index in [1.54, 1.807) is 6.07 Å². The summed E-state index contributed by atoms with van der Waals surface area (Å²) in [5, 5.41) is 4.15. The second-order valence-corrected chi connectivity index (χ2v) is 3.78. The lowest BCUT2D eigenvalue weighted by molar-refractivity contribution is 0.380. The van der Waals surface area contributed by atoms with E-state index < -0.39 is 0 Å². The fraction of sp³-hybridized carbons (Fsp3) is 0.273. The summed E-state index contributed by atoms with van der Waals surface area (Å²) in [5.41, 5.74) is 0.773. The van der Waals surface area contributed by atoms with Crippen LogP contribution in [0.15, 0.2) is 22.7 Å². The first-order valence-electron chi connectivity index (χ1n) is 4.94. The number of benzene rings is 1. The van der Waals surface area contributed by atoms with Crippen LogP contribution in [0.3, 0.4) is 0 Å². The highest BCUT2D eigenvalue weighted by Crippen LogP contribution is 2.19. The number of rotatable bonds is 3. The Balaban J connectivity index is 2.20. The fourth-order valence-corrected chi connectivity index (χ4v) is 1.57. The minimum absolute atomic E-state index is 0.353. The molecule has 0 spiro atoms. The number of aryl methyl sites for hydroxylation is 1. The van der Waals surface area contributed by atoms with Gasteiger partial charge in [-0.3, -0.25) is 0 Å². The van der Waals surface area contributed by atoms with Crippen LogP contribution in [-0.4, -0.2) is 10.1 Å². The van der Waals surface area contributed by atoms with Gasteiger partial charge in [-0.15, -0.1) is 0 Å². The van der Waals surface area contributed by atoms with E-state index in [1.807, 2.05) is 6.92 Å². The SMILES string of the molecule is CCc1noc(Cc2ccc(F)cc2Cl)n1. The molecule has 0 unspecified atom stereocenters. The standard InChI is InChI=1S/C11H10ClFN2O/c1-2-10-14-11(16-15-10)5-7-3-4-8(13)6-9(7)12/h3-4,6H,2,5H2,1H3. The summed E-state index contributed by atoms with van der Waals surface area (Å²) < 4.78 is 17.8. The van der Waals surface area contributed by atoms with Crippen LogP contribution in [-0.2, 0) is 12.8 Å². The molecule has 2 rings (SSSR count). The number of aromatic nitrogens is 2. The van der Waals surface area contributed by atoms with Crippen molar-refractivity contribution in [2.75, 3.05) is 0 Å². The Bertz CT molecular complexity index is 498. The van der Waals surface area contributed by atoms with Crippen molar-refractivity contribution in [3.05, 3.63) is 46.3 Å². The zero-order valence-corrected chi connectivity index (χ0v) is 9.46. The predicted octanol–water partition coefficient (Wildman–Crippen LogP) is 3.02. The molecule has 0 fully saturated rings. The molecule has 0 atom stereocenters. The number of hydrogen-bond acceptors (Lipinski definition) is 3. The molecule has 0 aliphatic rings. The summed E-state index contributed by atoms with van der Waals surface area (Å²) >= 11 is 5.89. The lowest BCUT2D eigenvalue weighted by atomic mass is 10.1. The fourth-order valence-electron chi connectivity index (χ4n) is 1.33. The van der Waals surface area contributed by atoms with E-state index in [1.165, 1.54) is 12.1 Å². The predicted molar refractivity (Wildman–Crippen MR) is 57.9 cm³/mol. The first-order chi connectivity index (χ1) is 7.69. The van der Waals surface area contributed by atoms with Crippen molar-refractivity contribution in [3.63, 3.8) is 0 Å². The molecule has 1 heterocycles. The Hall–Kier alpha value is -1.42. The van der Waals surface area contributed by atoms with Crippen molar-refractivity contribution < 1.29 is 8.91 Å². The van der Waals surface area contributed by atoms with Gasteiger partial charge in [0, 0.05) is 11.4 Å². The molecule has 2 aromatic rings. The van der Waals surface area contributed by atoms with Crippen molar-refractivity contribution in [1.82, 2.24) is 10.1 Å². The number of hydrogen-bond donors (Lipinski definition) is 0. The van der Waals surface area contributed by atoms with Gasteiger partial charge in [-0.1, -0.05) is 29.7 Å². The molecule has 0 bridgehead atoms. The monoisotopic (exact) mass is 240 g/mol. The average Bonchev–Trinajstić information content (AvgIpc) is 2.70. The molecule has 0 saturated carbocycles. The molecule has 0 aliphatic carbocycles. The van der Waals surface area contributed by atoms with E-state index in [9.17, 15) is 4.39 Å². The third-order valence-corrected chi connectivity index (χ3v) is 2.54. The van der Waals surface area contributed by atoms with Gasteiger partial charge in [-0.05, 0) is 17.7 Å². The van der Waals surface area contributed by atoms with E-state index in [-0.39, 0.29) is 5.82 Å². The maximum atomic E-state index is 12.8. The van der Waals surface area contributed by atoms with Crippen LogP contribution in [0.4, 0.5) is 4.39 Å². The lowest BCUT2D eigenvalue weighted by Gasteiger charge is -2.00. The maximum absolute atomic E-state index is 12.8. The Morgan fingerprint density at radius 2 is 2.25 bits per heavy atom. The molecule has 0 saturated heterocycles. The molecule has 1 aromatic carbocycles. The highest BCUT2D eigenvalue weighted by molar-refractivity contribution is 6.31. The normalized spacial score (nSPS) is 10.7. The Morgan fingerprint density at radius 3 is 2.88 bits per heavy atom. The number of halogens is 2. The second kappa shape index (κ2) is 4.61. The van der Waals surface area contributed by atoms with Gasteiger partial charge >= 0.3 is 0 Å². The van der Waals surface area contributed by atoms with Crippen LogP contribution in [0.25, 0.3) is 0 Å². The van der Waals surface area contributed by atoms with Crippen LogP contribution in [0.1, 0.15) is 24.2 Å². The summed E-state index contributed by atoms with van der Waals surface area (Å²) in [6, 6.07) is 4.25. The van der Waals surface area contributed by atoms with E-state index in [4.69, 9.17) is 16.1 Å². The van der Waals surface area contributed by atoms with Crippen LogP contribution in [0, 0.1) is 5.82 Å². The average molecular weight is 241 g/mol. The van der Waals surface area contributed by atoms with Crippen molar-refractivity contribution >= 4 is 11.6 Å². The highest BCUT2D eigenvalue weighted by atomic mass is 35.5. The molecule has 1 aromatic heterocycles. The summed E-state index contributed by atoms with van der Waals surface area (Å²) in [5.74, 6) is 0.798. The van der Waals surface area contributed by atoms with Crippen molar-refractivity contribution in [3.8, 4) is 0 Å². The van der Waals surface area contributed by atoms with Crippen molar-refractivity contribution in [2.24, 2.45) is 0 Å². The van der Waals surface area contributed by atoms with Gasteiger partial charge in [-0.2, -0.15) is 4.98 Å². The quantitative estimate of drug-likeness (QED) is 0.828. The van der Waals surface area contributed by atoms with Crippen LogP contribution < -0.4 is 0 Å². The summed E-state index contributed by atoms with van der Waals surface area (Å²) in [6.45, 7) is 1.94. The van der Waals surface area contributed by atoms with Gasteiger partial charge in [0.25, 0.3) is 0 Å². The summed E-state index contributed by atoms with van der Waals surface area (Å²) in [4.78, 5) is 4.16. The van der Waals surface area contributed by atoms with Crippen LogP contribution >= 0.6 is 11.6 Å². The van der Waals surface area contributed by atoms with Gasteiger partial charge in [-0.25, -0.2) is 4.39 Å². The van der Waals surface area contributed by atoms with Gasteiger partial charge in [0.2, 0.25) is 5.89 Å². The Kier molecular flexibility index (Phi) is 3.19. The van der Waals surface area contributed by atoms with E-state index in [0.29, 0.717) is 23.2 Å². The van der Waals surface area contributed by atoms with Crippen LogP contribution in [0.5, 0.6) is 0 Å². The maximum Gasteiger partial charge on any atom is 0.231 e. The zero-order valence-electron chi connectivity index (χ0n) is 8.70. The first-order valence-corrected chi connectivity index (χ1v) is 5.32. The molecule has 0 aliphatic heterocycles. The van der Waals surface area contributed by atoms with Crippen molar-refractivity contribution in [2.45, 2.75) is 19.8 Å². The molecule has 16 heavy (non-hydrogen) atoms. The van der Waals surface area contributed by atoms with E-state index >= 15 is 0 Å². The smallest absolute Gasteiger partial charge is 0.231 e. The first kappa shape index (κ1) is 11.1. The minimum Gasteiger partial charge on any atom is -0.339 e. The third-order valence-electron chi connectivity index (χ3n) is 2.18. The Morgan fingerprint density at radius 1 is 1.44 bits per heavy atom. The highest BCUT2D eigenvalue weighted by Gasteiger charge is 2.09. The lowest BCUT2D eigenvalue weighted by Crippen LogP contribution is -1.91. The summed E-state index contributed by atoms with van der Waals surface area (Å²) in [7, 11) is 0. The molecule has 0 amide bonds. The van der Waals surface area contributed by atoms with Gasteiger partial charge < -0.3 is 4.52 Å². The topological polar surface area (TPSA) is 38.9 Å². The molecule has 0 N–H and O–H groups in total. The number of nitrogens with zero attached hydrogens (tertiary/aromatic N) is 2. The van der Waals surface area contributed by atoms with E-state index in [0.717, 1.165) is 12.0 Å². The van der Waals surface area contributed by atoms with Gasteiger partial charge in [0.05, 0.1) is 6.42 Å². The van der Waals surface area contributed by atoms with Gasteiger partial charge in [0.1, 0.15) is 5.82 Å². The molecule has 5 heteroatoms. The van der Waals surface area contributed by atoms with Crippen molar-refractivity contribution in [1.29, 1.82) is 0 Å². The summed E-state index contributed by atoms with van der Waals surface area (Å²) in [6.07, 6.45) is 1.15. The third kappa shape index (κ3) is 2.39. The van der Waals surface area contributed by atoms with E-state index in [2.05, 4.69) is 10.1 Å². The molecular formula is C11H10ClFN2O. The molecule has 84 valence electrons. The van der Waals surface area contributed by atoms with Crippen LogP contribution in [0.2, 0.25) is 5.02 Å².